The number of carbonyl (C=O) groups is 1. The molecule has 0 fully saturated rings. The van der Waals surface area contributed by atoms with Crippen LogP contribution in [0, 0.1) is 0 Å². The third-order valence-corrected chi connectivity index (χ3v) is 4.08. The molecule has 3 aromatic rings. The predicted molar refractivity (Wildman–Crippen MR) is 102 cm³/mol. The van der Waals surface area contributed by atoms with Crippen LogP contribution in [0.15, 0.2) is 60.9 Å². The maximum Gasteiger partial charge on any atom is 0.251 e. The van der Waals surface area contributed by atoms with Crippen LogP contribution in [0.25, 0.3) is 0 Å². The molecule has 0 aliphatic carbocycles. The first-order valence-corrected chi connectivity index (χ1v) is 8.79. The molecule has 1 heterocycles. The van der Waals surface area contributed by atoms with Gasteiger partial charge in [0.1, 0.15) is 12.4 Å². The molecule has 0 aliphatic rings. The summed E-state index contributed by atoms with van der Waals surface area (Å²) < 4.78 is 7.39. The second kappa shape index (κ2) is 8.74. The average molecular weight is 390 g/mol. The van der Waals surface area contributed by atoms with Crippen molar-refractivity contribution in [2.24, 2.45) is 0 Å². The van der Waals surface area contributed by atoms with Gasteiger partial charge in [0.2, 0.25) is 0 Å². The summed E-state index contributed by atoms with van der Waals surface area (Å²) >= 11 is 11.7. The summed E-state index contributed by atoms with van der Waals surface area (Å²) in [6.07, 6.45) is 3.27. The molecule has 0 radical (unpaired) electrons. The zero-order valence-electron chi connectivity index (χ0n) is 13.9. The smallest absolute Gasteiger partial charge is 0.251 e. The van der Waals surface area contributed by atoms with Gasteiger partial charge in [0.25, 0.3) is 5.91 Å². The molecule has 0 saturated carbocycles. The lowest BCUT2D eigenvalue weighted by Gasteiger charge is -2.09. The molecule has 0 bridgehead atoms. The number of nitrogens with zero attached hydrogens (tertiary/aromatic N) is 2. The molecule has 1 amide bonds. The van der Waals surface area contributed by atoms with Crippen LogP contribution >= 0.6 is 23.2 Å². The van der Waals surface area contributed by atoms with Gasteiger partial charge in [-0.3, -0.25) is 9.48 Å². The lowest BCUT2D eigenvalue weighted by atomic mass is 10.1. The van der Waals surface area contributed by atoms with E-state index in [4.69, 9.17) is 27.9 Å². The molecule has 3 rings (SSSR count). The van der Waals surface area contributed by atoms with Crippen molar-refractivity contribution in [3.8, 4) is 5.75 Å². The predicted octanol–water partition coefficient (Wildman–Crippen LogP) is 4.20. The summed E-state index contributed by atoms with van der Waals surface area (Å²) in [5, 5.41) is 8.17. The van der Waals surface area contributed by atoms with Crippen molar-refractivity contribution >= 4 is 29.1 Å². The van der Waals surface area contributed by atoms with Crippen LogP contribution in [-0.4, -0.2) is 22.2 Å². The second-order valence-corrected chi connectivity index (χ2v) is 6.49. The number of hydrogen-bond donors (Lipinski definition) is 1. The Morgan fingerprint density at radius 2 is 1.92 bits per heavy atom. The first-order valence-electron chi connectivity index (χ1n) is 8.03. The summed E-state index contributed by atoms with van der Waals surface area (Å²) in [6.45, 7) is 1.38. The van der Waals surface area contributed by atoms with E-state index >= 15 is 0 Å². The minimum atomic E-state index is -0.142. The van der Waals surface area contributed by atoms with Gasteiger partial charge in [0.05, 0.1) is 17.8 Å². The largest absolute Gasteiger partial charge is 0.489 e. The molecule has 5 nitrogen and oxygen atoms in total. The van der Waals surface area contributed by atoms with Crippen LogP contribution in [0.4, 0.5) is 0 Å². The Morgan fingerprint density at radius 1 is 1.12 bits per heavy atom. The molecule has 1 aromatic heterocycles. The Morgan fingerprint density at radius 3 is 2.65 bits per heavy atom. The van der Waals surface area contributed by atoms with E-state index in [0.29, 0.717) is 35.3 Å². The second-order valence-electron chi connectivity index (χ2n) is 5.62. The number of nitrogens with one attached hydrogen (secondary N) is 1. The summed E-state index contributed by atoms with van der Waals surface area (Å²) in [4.78, 5) is 12.3. The average Bonchev–Trinajstić information content (AvgIpc) is 3.06. The van der Waals surface area contributed by atoms with Gasteiger partial charge in [-0.2, -0.15) is 5.10 Å². The van der Waals surface area contributed by atoms with Crippen LogP contribution in [-0.2, 0) is 13.2 Å². The van der Waals surface area contributed by atoms with E-state index < -0.39 is 0 Å². The van der Waals surface area contributed by atoms with Crippen molar-refractivity contribution in [2.75, 3.05) is 6.54 Å². The number of ether oxygens (including phenoxy) is 1. The molecule has 7 heteroatoms. The highest BCUT2D eigenvalue weighted by Gasteiger charge is 2.06. The molecule has 0 spiro atoms. The summed E-state index contributed by atoms with van der Waals surface area (Å²) in [5.74, 6) is 0.582. The van der Waals surface area contributed by atoms with E-state index in [9.17, 15) is 4.79 Å². The number of aromatic nitrogens is 2. The van der Waals surface area contributed by atoms with Gasteiger partial charge in [0.15, 0.2) is 0 Å². The first-order chi connectivity index (χ1) is 12.6. The standard InChI is InChI=1S/C19H17Cl2N3O2/c20-16-4-6-18(7-5-16)26-13-14-2-1-3-15(10-14)19(25)22-8-9-24-12-17(21)11-23-24/h1-7,10-12H,8-9,13H2,(H,22,25). The monoisotopic (exact) mass is 389 g/mol. The molecule has 134 valence electrons. The Kier molecular flexibility index (Phi) is 6.15. The van der Waals surface area contributed by atoms with Crippen molar-refractivity contribution in [1.29, 1.82) is 0 Å². The first kappa shape index (κ1) is 18.3. The fraction of sp³-hybridized carbons (Fsp3) is 0.158. The summed E-state index contributed by atoms with van der Waals surface area (Å²) in [7, 11) is 0. The molecule has 0 atom stereocenters. The van der Waals surface area contributed by atoms with E-state index in [-0.39, 0.29) is 5.91 Å². The van der Waals surface area contributed by atoms with Gasteiger partial charge >= 0.3 is 0 Å². The van der Waals surface area contributed by atoms with Crippen LogP contribution in [0.2, 0.25) is 10.0 Å². The van der Waals surface area contributed by atoms with Crippen LogP contribution in [0.3, 0.4) is 0 Å². The zero-order valence-corrected chi connectivity index (χ0v) is 15.4. The van der Waals surface area contributed by atoms with Crippen LogP contribution < -0.4 is 10.1 Å². The summed E-state index contributed by atoms with van der Waals surface area (Å²) in [5.41, 5.74) is 1.49. The Labute approximate surface area is 161 Å². The summed E-state index contributed by atoms with van der Waals surface area (Å²) in [6, 6.07) is 14.5. The molecule has 0 saturated heterocycles. The molecular formula is C19H17Cl2N3O2. The van der Waals surface area contributed by atoms with E-state index in [1.165, 1.54) is 0 Å². The fourth-order valence-corrected chi connectivity index (χ4v) is 2.63. The Bertz CT molecular complexity index is 879. The van der Waals surface area contributed by atoms with Crippen molar-refractivity contribution < 1.29 is 9.53 Å². The van der Waals surface area contributed by atoms with Gasteiger partial charge in [-0.15, -0.1) is 0 Å². The van der Waals surface area contributed by atoms with Crippen molar-refractivity contribution in [2.45, 2.75) is 13.2 Å². The third-order valence-electron chi connectivity index (χ3n) is 3.64. The topological polar surface area (TPSA) is 56.2 Å². The highest BCUT2D eigenvalue weighted by molar-refractivity contribution is 6.30. The van der Waals surface area contributed by atoms with Gasteiger partial charge in [-0.25, -0.2) is 0 Å². The maximum atomic E-state index is 12.3. The molecule has 0 unspecified atom stereocenters. The minimum Gasteiger partial charge on any atom is -0.489 e. The van der Waals surface area contributed by atoms with Gasteiger partial charge in [-0.1, -0.05) is 35.3 Å². The van der Waals surface area contributed by atoms with Gasteiger partial charge in [-0.05, 0) is 42.0 Å². The van der Waals surface area contributed by atoms with Crippen LogP contribution in [0.1, 0.15) is 15.9 Å². The number of hydrogen-bond acceptors (Lipinski definition) is 3. The normalized spacial score (nSPS) is 10.5. The number of rotatable bonds is 7. The third kappa shape index (κ3) is 5.25. The minimum absolute atomic E-state index is 0.142. The zero-order chi connectivity index (χ0) is 18.4. The van der Waals surface area contributed by atoms with Gasteiger partial charge in [0, 0.05) is 23.3 Å². The van der Waals surface area contributed by atoms with Gasteiger partial charge < -0.3 is 10.1 Å². The highest BCUT2D eigenvalue weighted by Crippen LogP contribution is 2.17. The number of halogens is 2. The molecule has 26 heavy (non-hydrogen) atoms. The maximum absolute atomic E-state index is 12.3. The van der Waals surface area contributed by atoms with E-state index in [2.05, 4.69) is 10.4 Å². The molecule has 1 N–H and O–H groups in total. The highest BCUT2D eigenvalue weighted by atomic mass is 35.5. The fourth-order valence-electron chi connectivity index (χ4n) is 2.35. The number of amides is 1. The Balaban J connectivity index is 1.52. The molecule has 2 aromatic carbocycles. The lowest BCUT2D eigenvalue weighted by molar-refractivity contribution is 0.0951. The number of carbonyl (C=O) groups excluding carboxylic acids is 1. The lowest BCUT2D eigenvalue weighted by Crippen LogP contribution is -2.27. The van der Waals surface area contributed by atoms with Crippen molar-refractivity contribution in [1.82, 2.24) is 15.1 Å². The van der Waals surface area contributed by atoms with E-state index in [1.54, 1.807) is 47.4 Å². The SMILES string of the molecule is O=C(NCCn1cc(Cl)cn1)c1cccc(COc2ccc(Cl)cc2)c1. The quantitative estimate of drug-likeness (QED) is 0.658. The Hall–Kier alpha value is -2.50. The molecular weight excluding hydrogens is 373 g/mol. The number of benzene rings is 2. The van der Waals surface area contributed by atoms with Crippen molar-refractivity contribution in [3.05, 3.63) is 82.1 Å². The van der Waals surface area contributed by atoms with Crippen LogP contribution in [0.5, 0.6) is 5.75 Å². The van der Waals surface area contributed by atoms with E-state index in [0.717, 1.165) is 11.3 Å². The molecule has 0 aliphatic heterocycles. The van der Waals surface area contributed by atoms with Crippen molar-refractivity contribution in [3.63, 3.8) is 0 Å². The van der Waals surface area contributed by atoms with E-state index in [1.807, 2.05) is 18.2 Å².